The van der Waals surface area contributed by atoms with Crippen LogP contribution in [0.25, 0.3) is 0 Å². The molecular weight excluding hydrogens is 494 g/mol. The van der Waals surface area contributed by atoms with Crippen LogP contribution < -0.4 is 5.73 Å². The quantitative estimate of drug-likeness (QED) is 0.228. The highest BCUT2D eigenvalue weighted by molar-refractivity contribution is 6.04. The molecule has 1 aromatic rings. The number of esters is 1. The smallest absolute Gasteiger partial charge is 0.323 e. The van der Waals surface area contributed by atoms with E-state index in [-0.39, 0.29) is 18.9 Å². The second kappa shape index (κ2) is 9.65. The number of hydrogen-bond donors (Lipinski definition) is 4. The van der Waals surface area contributed by atoms with Crippen LogP contribution in [0.1, 0.15) is 65.4 Å². The van der Waals surface area contributed by atoms with E-state index in [0.717, 1.165) is 19.3 Å². The fourth-order valence-electron chi connectivity index (χ4n) is 8.31. The average molecular weight is 538 g/mol. The van der Waals surface area contributed by atoms with Crippen molar-refractivity contribution in [2.75, 3.05) is 6.61 Å². The average Bonchev–Trinajstić information content (AvgIpc) is 3.31. The maximum Gasteiger partial charge on any atom is 0.323 e. The van der Waals surface area contributed by atoms with Crippen molar-refractivity contribution in [3.63, 3.8) is 0 Å². The van der Waals surface area contributed by atoms with Crippen molar-refractivity contribution in [3.05, 3.63) is 59.2 Å². The number of ketones is 1. The Kier molecular flexibility index (Phi) is 6.98. The van der Waals surface area contributed by atoms with Crippen LogP contribution in [0.4, 0.5) is 0 Å². The van der Waals surface area contributed by atoms with Crippen LogP contribution in [-0.2, 0) is 20.7 Å². The molecule has 0 saturated heterocycles. The van der Waals surface area contributed by atoms with Gasteiger partial charge in [0.05, 0.1) is 12.2 Å². The first-order valence-corrected chi connectivity index (χ1v) is 14.3. The van der Waals surface area contributed by atoms with Gasteiger partial charge in [0.25, 0.3) is 0 Å². The molecule has 0 heterocycles. The Morgan fingerprint density at radius 2 is 1.85 bits per heavy atom. The third kappa shape index (κ3) is 4.16. The van der Waals surface area contributed by atoms with E-state index in [1.54, 1.807) is 13.0 Å². The summed E-state index contributed by atoms with van der Waals surface area (Å²) in [5.41, 5.74) is 4.01. The number of nitrogens with two attached hydrogens (primary N) is 1. The molecule has 5 rings (SSSR count). The number of hydrogen-bond acceptors (Lipinski definition) is 7. The van der Waals surface area contributed by atoms with Crippen LogP contribution >= 0.6 is 0 Å². The van der Waals surface area contributed by atoms with Crippen molar-refractivity contribution in [3.8, 4) is 0 Å². The van der Waals surface area contributed by atoms with Gasteiger partial charge >= 0.3 is 5.97 Å². The minimum Gasteiger partial charge on any atom is -0.457 e. The summed E-state index contributed by atoms with van der Waals surface area (Å²) in [6, 6.07) is 9.49. The van der Waals surface area contributed by atoms with E-state index >= 15 is 0 Å². The SMILES string of the molecule is CC1=C[C@H]2[C@@]3(O)[C@H](C)C[C@]4(OC(=O)[C@H](N)CCCCc5ccccc5)[C@H]([C@@H]3C=C(CO)C[C@]2(O)C1=O)C4(C)C. The van der Waals surface area contributed by atoms with E-state index < -0.39 is 57.8 Å². The molecule has 5 N–H and O–H groups in total. The number of aryl methyl sites for hydroxylation is 1. The van der Waals surface area contributed by atoms with E-state index in [2.05, 4.69) is 12.1 Å². The normalized spacial score (nSPS) is 38.9. The molecule has 0 radical (unpaired) electrons. The van der Waals surface area contributed by atoms with Crippen LogP contribution in [0.3, 0.4) is 0 Å². The number of rotatable bonds is 8. The summed E-state index contributed by atoms with van der Waals surface area (Å²) in [4.78, 5) is 26.4. The van der Waals surface area contributed by atoms with Crippen molar-refractivity contribution in [1.82, 2.24) is 0 Å². The van der Waals surface area contributed by atoms with Crippen molar-refractivity contribution in [1.29, 1.82) is 0 Å². The zero-order chi connectivity index (χ0) is 28.4. The van der Waals surface area contributed by atoms with Crippen LogP contribution in [0, 0.1) is 29.1 Å². The fourth-order valence-corrected chi connectivity index (χ4v) is 8.31. The number of ether oxygens (including phenoxy) is 1. The van der Waals surface area contributed by atoms with Crippen LogP contribution in [0.15, 0.2) is 53.6 Å². The molecule has 0 bridgehead atoms. The Morgan fingerprint density at radius 1 is 1.15 bits per heavy atom. The Hall–Kier alpha value is -2.32. The van der Waals surface area contributed by atoms with Gasteiger partial charge in [0.2, 0.25) is 0 Å². The maximum absolute atomic E-state index is 13.3. The van der Waals surface area contributed by atoms with Crippen molar-refractivity contribution >= 4 is 11.8 Å². The molecule has 2 fully saturated rings. The number of aliphatic hydroxyl groups excluding tert-OH is 1. The number of benzene rings is 1. The van der Waals surface area contributed by atoms with Crippen molar-refractivity contribution in [2.24, 2.45) is 34.8 Å². The van der Waals surface area contributed by atoms with Crippen molar-refractivity contribution < 1.29 is 29.6 Å². The molecule has 212 valence electrons. The van der Waals surface area contributed by atoms with Gasteiger partial charge in [0.1, 0.15) is 17.2 Å². The molecule has 0 aliphatic heterocycles. The molecule has 0 aromatic heterocycles. The lowest BCUT2D eigenvalue weighted by atomic mass is 9.60. The Bertz CT molecular complexity index is 1210. The molecule has 0 amide bonds. The van der Waals surface area contributed by atoms with Gasteiger partial charge in [-0.15, -0.1) is 0 Å². The lowest BCUT2D eigenvalue weighted by Gasteiger charge is -2.50. The van der Waals surface area contributed by atoms with E-state index in [4.69, 9.17) is 10.5 Å². The number of aliphatic hydroxyl groups is 3. The fraction of sp³-hybridized carbons (Fsp3) is 0.625. The topological polar surface area (TPSA) is 130 Å². The summed E-state index contributed by atoms with van der Waals surface area (Å²) in [5.74, 6) is -2.78. The molecular formula is C32H43NO6. The zero-order valence-electron chi connectivity index (χ0n) is 23.5. The first-order valence-electron chi connectivity index (χ1n) is 14.3. The van der Waals surface area contributed by atoms with Gasteiger partial charge < -0.3 is 25.8 Å². The van der Waals surface area contributed by atoms with E-state index in [1.807, 2.05) is 45.0 Å². The number of carbonyl (C=O) groups is 2. The monoisotopic (exact) mass is 537 g/mol. The van der Waals surface area contributed by atoms with Gasteiger partial charge in [-0.1, -0.05) is 69.7 Å². The van der Waals surface area contributed by atoms with Gasteiger partial charge in [-0.25, -0.2) is 0 Å². The predicted molar refractivity (Wildman–Crippen MR) is 147 cm³/mol. The Labute approximate surface area is 231 Å². The second-order valence-corrected chi connectivity index (χ2v) is 13.1. The van der Waals surface area contributed by atoms with E-state index in [1.165, 1.54) is 5.56 Å². The molecule has 0 spiro atoms. The van der Waals surface area contributed by atoms with Crippen LogP contribution in [0.2, 0.25) is 0 Å². The molecule has 0 unspecified atom stereocenters. The van der Waals surface area contributed by atoms with Gasteiger partial charge in [-0.05, 0) is 55.2 Å². The summed E-state index contributed by atoms with van der Waals surface area (Å²) in [6.45, 7) is 7.33. The Balaban J connectivity index is 1.35. The standard InChI is InChI=1S/C32H43NO6/c1-19-14-25-30(37,27(19)35)17-22(18-34)15-23-26-29(3,4)31(26,16-20(2)32(23,25)38)39-28(36)24(33)13-9-8-12-21-10-6-5-7-11-21/h5-7,10-11,14-15,20,23-26,34,37-38H,8-9,12-13,16-18,33H2,1-4H3/t20-,23+,24-,25-,26-,30-,31+,32-/m1/s1. The number of fused-ring (bicyclic) bond motifs is 5. The van der Waals surface area contributed by atoms with Gasteiger partial charge in [0, 0.05) is 29.6 Å². The first kappa shape index (κ1) is 28.2. The second-order valence-electron chi connectivity index (χ2n) is 13.1. The molecule has 7 heteroatoms. The van der Waals surface area contributed by atoms with Crippen LogP contribution in [-0.4, -0.2) is 56.5 Å². The molecule has 4 aliphatic carbocycles. The first-order chi connectivity index (χ1) is 18.3. The molecule has 7 nitrogen and oxygen atoms in total. The largest absolute Gasteiger partial charge is 0.457 e. The van der Waals surface area contributed by atoms with E-state index in [9.17, 15) is 24.9 Å². The zero-order valence-corrected chi connectivity index (χ0v) is 23.5. The lowest BCUT2D eigenvalue weighted by molar-refractivity contribution is -0.187. The maximum atomic E-state index is 13.3. The molecule has 8 atom stereocenters. The summed E-state index contributed by atoms with van der Waals surface area (Å²) in [7, 11) is 0. The third-order valence-corrected chi connectivity index (χ3v) is 10.5. The number of carbonyl (C=O) groups excluding carboxylic acids is 2. The van der Waals surface area contributed by atoms with Gasteiger partial charge in [0.15, 0.2) is 5.78 Å². The van der Waals surface area contributed by atoms with Gasteiger partial charge in [-0.3, -0.25) is 9.59 Å². The summed E-state index contributed by atoms with van der Waals surface area (Å²) in [6.07, 6.45) is 7.13. The van der Waals surface area contributed by atoms with E-state index in [0.29, 0.717) is 24.0 Å². The highest BCUT2D eigenvalue weighted by Gasteiger charge is 2.83. The summed E-state index contributed by atoms with van der Waals surface area (Å²) < 4.78 is 6.29. The highest BCUT2D eigenvalue weighted by Crippen LogP contribution is 2.76. The van der Waals surface area contributed by atoms with Crippen LogP contribution in [0.5, 0.6) is 0 Å². The Morgan fingerprint density at radius 3 is 2.51 bits per heavy atom. The summed E-state index contributed by atoms with van der Waals surface area (Å²) >= 11 is 0. The number of unbranched alkanes of at least 4 members (excludes halogenated alkanes) is 1. The molecule has 39 heavy (non-hydrogen) atoms. The molecule has 4 aliphatic rings. The molecule has 2 saturated carbocycles. The predicted octanol–water partition coefficient (Wildman–Crippen LogP) is 3.25. The highest BCUT2D eigenvalue weighted by atomic mass is 16.6. The number of Topliss-reactive ketones (excluding diaryl/α,β-unsaturated/α-hetero) is 1. The minimum absolute atomic E-state index is 0.0276. The van der Waals surface area contributed by atoms with Crippen molar-refractivity contribution in [2.45, 2.75) is 89.1 Å². The third-order valence-electron chi connectivity index (χ3n) is 10.5. The summed E-state index contributed by atoms with van der Waals surface area (Å²) in [5, 5.41) is 34.2. The minimum atomic E-state index is -1.80. The van der Waals surface area contributed by atoms with Gasteiger partial charge in [-0.2, -0.15) is 0 Å². The lowest BCUT2D eigenvalue weighted by Crippen LogP contribution is -2.61. The molecule has 1 aromatic carbocycles.